The summed E-state index contributed by atoms with van der Waals surface area (Å²) in [6.07, 6.45) is 8.73. The van der Waals surface area contributed by atoms with Gasteiger partial charge in [0.05, 0.1) is 17.4 Å². The van der Waals surface area contributed by atoms with Gasteiger partial charge in [-0.05, 0) is 63.1 Å². The molecule has 1 aliphatic rings. The van der Waals surface area contributed by atoms with Gasteiger partial charge in [-0.25, -0.2) is 4.98 Å². The maximum absolute atomic E-state index is 12.3. The molecule has 7 heteroatoms. The molecule has 1 aliphatic carbocycles. The number of anilines is 1. The number of nitrogens with zero attached hydrogens (tertiary/aromatic N) is 1. The number of esters is 1. The van der Waals surface area contributed by atoms with E-state index < -0.39 is 5.60 Å². The Morgan fingerprint density at radius 3 is 2.87 bits per heavy atom. The molecule has 0 amide bonds. The number of benzene rings is 1. The van der Waals surface area contributed by atoms with Gasteiger partial charge in [0.2, 0.25) is 0 Å². The number of hydrogen-bond acceptors (Lipinski definition) is 6. The van der Waals surface area contributed by atoms with Crippen LogP contribution in [0.3, 0.4) is 0 Å². The second-order valence-corrected chi connectivity index (χ2v) is 9.78. The van der Waals surface area contributed by atoms with Gasteiger partial charge in [0.1, 0.15) is 10.6 Å². The average molecular weight is 442 g/mol. The summed E-state index contributed by atoms with van der Waals surface area (Å²) in [6.45, 7) is 4.44. The normalized spacial score (nSPS) is 21.1. The van der Waals surface area contributed by atoms with Gasteiger partial charge in [0, 0.05) is 34.5 Å². The van der Waals surface area contributed by atoms with E-state index in [0.717, 1.165) is 59.9 Å². The minimum Gasteiger partial charge on any atom is -0.465 e. The topological polar surface area (TPSA) is 101 Å². The van der Waals surface area contributed by atoms with Crippen molar-refractivity contribution in [3.05, 3.63) is 35.6 Å². The molecule has 1 fully saturated rings. The Labute approximate surface area is 186 Å². The quantitative estimate of drug-likeness (QED) is 0.265. The molecule has 2 heterocycles. The molecule has 2 aromatic heterocycles. The van der Waals surface area contributed by atoms with Gasteiger partial charge in [-0.1, -0.05) is 13.3 Å². The number of aromatic nitrogens is 2. The van der Waals surface area contributed by atoms with Gasteiger partial charge in [0.15, 0.2) is 0 Å². The molecule has 3 aromatic rings. The van der Waals surface area contributed by atoms with Gasteiger partial charge in [-0.3, -0.25) is 4.79 Å². The first-order valence-corrected chi connectivity index (χ1v) is 11.9. The molecule has 1 unspecified atom stereocenters. The van der Waals surface area contributed by atoms with E-state index in [-0.39, 0.29) is 17.8 Å². The largest absolute Gasteiger partial charge is 0.465 e. The Morgan fingerprint density at radius 2 is 2.13 bits per heavy atom. The molecule has 0 saturated heterocycles. The van der Waals surface area contributed by atoms with Crippen LogP contribution in [-0.2, 0) is 15.1 Å². The van der Waals surface area contributed by atoms with E-state index in [1.807, 2.05) is 37.5 Å². The van der Waals surface area contributed by atoms with Crippen LogP contribution in [0.4, 0.5) is 5.69 Å². The molecule has 1 aromatic carbocycles. The summed E-state index contributed by atoms with van der Waals surface area (Å²) >= 11 is 1.51. The lowest BCUT2D eigenvalue weighted by atomic mass is 9.74. The van der Waals surface area contributed by atoms with E-state index in [0.29, 0.717) is 17.3 Å². The molecule has 0 radical (unpaired) electrons. The predicted octanol–water partition coefficient (Wildman–Crippen LogP) is 5.23. The third kappa shape index (κ3) is 4.48. The number of nitrogen functional groups attached to an aromatic ring is 1. The zero-order chi connectivity index (χ0) is 22.0. The second kappa shape index (κ2) is 9.01. The molecule has 0 aliphatic heterocycles. The van der Waals surface area contributed by atoms with Gasteiger partial charge < -0.3 is 20.6 Å². The fourth-order valence-electron chi connectivity index (χ4n) is 4.53. The Hall–Kier alpha value is -2.38. The summed E-state index contributed by atoms with van der Waals surface area (Å²) in [4.78, 5) is 21.0. The van der Waals surface area contributed by atoms with Crippen LogP contribution < -0.4 is 5.73 Å². The number of aromatic amines is 1. The molecule has 166 valence electrons. The number of thiazole rings is 1. The molecule has 31 heavy (non-hydrogen) atoms. The molecular formula is C24H31N3O3S. The van der Waals surface area contributed by atoms with Crippen LogP contribution in [0, 0.1) is 11.8 Å². The van der Waals surface area contributed by atoms with Crippen molar-refractivity contribution in [2.24, 2.45) is 11.8 Å². The summed E-state index contributed by atoms with van der Waals surface area (Å²) < 4.78 is 5.39. The van der Waals surface area contributed by atoms with Crippen molar-refractivity contribution >= 4 is 33.9 Å². The minimum absolute atomic E-state index is 0.0510. The van der Waals surface area contributed by atoms with Gasteiger partial charge in [0.25, 0.3) is 0 Å². The molecule has 6 nitrogen and oxygen atoms in total. The molecule has 1 saturated carbocycles. The van der Waals surface area contributed by atoms with Crippen molar-refractivity contribution in [1.29, 1.82) is 0 Å². The zero-order valence-electron chi connectivity index (χ0n) is 18.2. The number of carbonyl (C=O) groups excluding carboxylic acids is 1. The number of H-pyrrole nitrogens is 1. The van der Waals surface area contributed by atoms with Crippen molar-refractivity contribution < 1.29 is 14.6 Å². The first-order chi connectivity index (χ1) is 14.9. The number of hydrogen-bond donors (Lipinski definition) is 3. The van der Waals surface area contributed by atoms with E-state index >= 15 is 0 Å². The number of aliphatic hydroxyl groups is 1. The van der Waals surface area contributed by atoms with Crippen LogP contribution in [0.2, 0.25) is 0 Å². The zero-order valence-corrected chi connectivity index (χ0v) is 19.0. The maximum Gasteiger partial charge on any atom is 0.308 e. The van der Waals surface area contributed by atoms with Crippen LogP contribution in [0.15, 0.2) is 30.6 Å². The van der Waals surface area contributed by atoms with Crippen molar-refractivity contribution in [2.75, 3.05) is 12.3 Å². The monoisotopic (exact) mass is 441 g/mol. The minimum atomic E-state index is -1.03. The number of carbonyl (C=O) groups is 1. The Kier molecular flexibility index (Phi) is 6.34. The van der Waals surface area contributed by atoms with Crippen LogP contribution >= 0.6 is 11.3 Å². The van der Waals surface area contributed by atoms with Crippen LogP contribution in [-0.4, -0.2) is 27.7 Å². The lowest BCUT2D eigenvalue weighted by Gasteiger charge is -2.36. The summed E-state index contributed by atoms with van der Waals surface area (Å²) in [7, 11) is 0. The molecular weight excluding hydrogens is 410 g/mol. The first-order valence-electron chi connectivity index (χ1n) is 11.1. The highest BCUT2D eigenvalue weighted by atomic mass is 32.1. The second-order valence-electron chi connectivity index (χ2n) is 8.75. The Bertz CT molecular complexity index is 1050. The summed E-state index contributed by atoms with van der Waals surface area (Å²) in [6, 6.07) is 5.91. The summed E-state index contributed by atoms with van der Waals surface area (Å²) in [5, 5.41) is 13.2. The van der Waals surface area contributed by atoms with Crippen molar-refractivity contribution in [2.45, 2.75) is 58.0 Å². The Morgan fingerprint density at radius 1 is 1.35 bits per heavy atom. The number of unbranched alkanes of at least 4 members (excludes halogenated alkanes) is 1. The number of ether oxygens (including phenoxy) is 1. The van der Waals surface area contributed by atoms with Gasteiger partial charge in [-0.2, -0.15) is 0 Å². The van der Waals surface area contributed by atoms with Crippen molar-refractivity contribution in [3.8, 4) is 10.4 Å². The predicted molar refractivity (Wildman–Crippen MR) is 125 cm³/mol. The highest BCUT2D eigenvalue weighted by molar-refractivity contribution is 7.15. The molecule has 0 spiro atoms. The van der Waals surface area contributed by atoms with E-state index in [4.69, 9.17) is 10.5 Å². The lowest BCUT2D eigenvalue weighted by Crippen LogP contribution is -2.36. The van der Waals surface area contributed by atoms with Crippen LogP contribution in [0.5, 0.6) is 0 Å². The highest BCUT2D eigenvalue weighted by Crippen LogP contribution is 2.44. The van der Waals surface area contributed by atoms with Crippen LogP contribution in [0.1, 0.15) is 57.4 Å². The smallest absolute Gasteiger partial charge is 0.308 e. The fourth-order valence-corrected chi connectivity index (χ4v) is 5.60. The van der Waals surface area contributed by atoms with Gasteiger partial charge in [-0.15, -0.1) is 11.3 Å². The van der Waals surface area contributed by atoms with Crippen molar-refractivity contribution in [1.82, 2.24) is 9.97 Å². The van der Waals surface area contributed by atoms with Crippen LogP contribution in [0.25, 0.3) is 21.3 Å². The number of rotatable bonds is 7. The number of fused-ring (bicyclic) bond motifs is 1. The first kappa shape index (κ1) is 21.8. The number of nitrogens with two attached hydrogens (primary N) is 1. The average Bonchev–Trinajstić information content (AvgIpc) is 3.43. The molecule has 4 N–H and O–H groups in total. The SMILES string of the molecule is CCCCOC(=O)[C@H]1CC[C@H](C(C)(O)c2ncc(-c3cc(N)cc4[nH]ccc34)s2)CC1. The maximum atomic E-state index is 12.3. The molecule has 0 bridgehead atoms. The standard InChI is InChI=1S/C24H31N3O3S/c1-3-4-11-30-22(28)15-5-7-16(8-6-15)24(2,29)23-27-14-21(31-23)19-12-17(25)13-20-18(19)9-10-26-20/h9-10,12-16,26,29H,3-8,11,25H2,1-2H3/t15-,16-,24?. The van der Waals surface area contributed by atoms with Crippen molar-refractivity contribution in [3.63, 3.8) is 0 Å². The van der Waals surface area contributed by atoms with E-state index in [2.05, 4.69) is 16.9 Å². The van der Waals surface area contributed by atoms with E-state index in [1.54, 1.807) is 0 Å². The lowest BCUT2D eigenvalue weighted by molar-refractivity contribution is -0.151. The molecule has 1 atom stereocenters. The fraction of sp³-hybridized carbons (Fsp3) is 0.500. The number of nitrogens with one attached hydrogen (secondary N) is 1. The van der Waals surface area contributed by atoms with E-state index in [9.17, 15) is 9.90 Å². The van der Waals surface area contributed by atoms with Gasteiger partial charge >= 0.3 is 5.97 Å². The summed E-state index contributed by atoms with van der Waals surface area (Å²) in [5.41, 5.74) is 7.75. The third-order valence-electron chi connectivity index (χ3n) is 6.49. The highest BCUT2D eigenvalue weighted by Gasteiger charge is 2.40. The van der Waals surface area contributed by atoms with E-state index in [1.165, 1.54) is 11.3 Å². The summed E-state index contributed by atoms with van der Waals surface area (Å²) in [5.74, 6) is -0.0653. The Balaban J connectivity index is 1.46. The molecule has 4 rings (SSSR count). The third-order valence-corrected chi connectivity index (χ3v) is 7.75.